The van der Waals surface area contributed by atoms with Crippen LogP contribution in [0.3, 0.4) is 0 Å². The average Bonchev–Trinajstić information content (AvgIpc) is 3.09. The maximum absolute atomic E-state index is 13.2. The number of anilines is 1. The molecule has 1 aromatic heterocycles. The Hall–Kier alpha value is -2.26. The molecule has 0 saturated heterocycles. The van der Waals surface area contributed by atoms with E-state index in [2.05, 4.69) is 28.2 Å². The summed E-state index contributed by atoms with van der Waals surface area (Å²) in [5.41, 5.74) is 1.71. The third-order valence-corrected chi connectivity index (χ3v) is 7.10. The van der Waals surface area contributed by atoms with E-state index in [0.29, 0.717) is 43.8 Å². The molecule has 1 amide bonds. The highest BCUT2D eigenvalue weighted by atomic mass is 79.9. The summed E-state index contributed by atoms with van der Waals surface area (Å²) in [6.45, 7) is 2.19. The van der Waals surface area contributed by atoms with Gasteiger partial charge in [-0.2, -0.15) is 0 Å². The van der Waals surface area contributed by atoms with Crippen LogP contribution in [0.2, 0.25) is 0 Å². The first kappa shape index (κ1) is 22.4. The number of carbonyl (C=O) groups excluding carboxylic acids is 2. The molecule has 30 heavy (non-hydrogen) atoms. The molecule has 3 rings (SSSR count). The quantitative estimate of drug-likeness (QED) is 0.582. The smallest absolute Gasteiger partial charge is 0.341 e. The first-order valence-electron chi connectivity index (χ1n) is 9.38. The van der Waals surface area contributed by atoms with Crippen LogP contribution in [0.1, 0.15) is 44.5 Å². The zero-order valence-corrected chi connectivity index (χ0v) is 19.9. The van der Waals surface area contributed by atoms with Gasteiger partial charge >= 0.3 is 5.97 Å². The molecule has 162 valence electrons. The lowest BCUT2D eigenvalue weighted by molar-refractivity contribution is 0.0601. The normalized spacial score (nSPS) is 15.2. The van der Waals surface area contributed by atoms with Crippen molar-refractivity contribution in [2.45, 2.75) is 26.2 Å². The summed E-state index contributed by atoms with van der Waals surface area (Å²) in [5.74, 6) is 0.762. The van der Waals surface area contributed by atoms with Gasteiger partial charge in [-0.05, 0) is 52.7 Å². The van der Waals surface area contributed by atoms with Gasteiger partial charge in [0.2, 0.25) is 5.75 Å². The summed E-state index contributed by atoms with van der Waals surface area (Å²) in [7, 11) is 5.80. The van der Waals surface area contributed by atoms with Crippen LogP contribution in [0.4, 0.5) is 5.00 Å². The van der Waals surface area contributed by atoms with Gasteiger partial charge in [-0.15, -0.1) is 11.3 Å². The molecule has 0 saturated carbocycles. The average molecular weight is 498 g/mol. The van der Waals surface area contributed by atoms with Crippen molar-refractivity contribution >= 4 is 44.1 Å². The lowest BCUT2D eigenvalue weighted by Gasteiger charge is -2.18. The number of fused-ring (bicyclic) bond motifs is 1. The summed E-state index contributed by atoms with van der Waals surface area (Å²) < 4.78 is 21.5. The van der Waals surface area contributed by atoms with Crippen LogP contribution in [0, 0.1) is 5.92 Å². The van der Waals surface area contributed by atoms with Crippen molar-refractivity contribution in [2.75, 3.05) is 33.8 Å². The summed E-state index contributed by atoms with van der Waals surface area (Å²) in [5, 5.41) is 3.38. The zero-order valence-electron chi connectivity index (χ0n) is 17.5. The van der Waals surface area contributed by atoms with Crippen molar-refractivity contribution in [3.8, 4) is 17.2 Å². The number of nitrogens with one attached hydrogen (secondary N) is 1. The first-order valence-corrected chi connectivity index (χ1v) is 11.0. The van der Waals surface area contributed by atoms with E-state index in [1.165, 1.54) is 39.8 Å². The van der Waals surface area contributed by atoms with E-state index < -0.39 is 11.9 Å². The minimum Gasteiger partial charge on any atom is -0.493 e. The zero-order chi connectivity index (χ0) is 22.0. The lowest BCUT2D eigenvalue weighted by atomic mass is 9.88. The second kappa shape index (κ2) is 9.26. The van der Waals surface area contributed by atoms with Gasteiger partial charge in [0.25, 0.3) is 5.91 Å². The van der Waals surface area contributed by atoms with Gasteiger partial charge in [0.05, 0.1) is 44.0 Å². The van der Waals surface area contributed by atoms with Crippen molar-refractivity contribution in [3.05, 3.63) is 32.1 Å². The van der Waals surface area contributed by atoms with Gasteiger partial charge < -0.3 is 24.3 Å². The highest BCUT2D eigenvalue weighted by Gasteiger charge is 2.30. The molecular weight excluding hydrogens is 474 g/mol. The Morgan fingerprint density at radius 2 is 1.83 bits per heavy atom. The predicted molar refractivity (Wildman–Crippen MR) is 119 cm³/mol. The van der Waals surface area contributed by atoms with Crippen LogP contribution >= 0.6 is 27.3 Å². The number of hydrogen-bond donors (Lipinski definition) is 1. The summed E-state index contributed by atoms with van der Waals surface area (Å²) in [4.78, 5) is 26.8. The van der Waals surface area contributed by atoms with Crippen LogP contribution < -0.4 is 19.5 Å². The first-order chi connectivity index (χ1) is 14.4. The molecule has 9 heteroatoms. The summed E-state index contributed by atoms with van der Waals surface area (Å²) in [6.07, 6.45) is 2.68. The lowest BCUT2D eigenvalue weighted by Crippen LogP contribution is -2.16. The Bertz CT molecular complexity index is 987. The predicted octanol–water partition coefficient (Wildman–Crippen LogP) is 4.70. The monoisotopic (exact) mass is 497 g/mol. The fourth-order valence-corrected chi connectivity index (χ4v) is 5.64. The maximum Gasteiger partial charge on any atom is 0.341 e. The largest absolute Gasteiger partial charge is 0.493 e. The molecule has 0 aliphatic heterocycles. The van der Waals surface area contributed by atoms with E-state index in [9.17, 15) is 9.59 Å². The number of carbonyl (C=O) groups is 2. The van der Waals surface area contributed by atoms with Crippen LogP contribution in [-0.4, -0.2) is 40.3 Å². The van der Waals surface area contributed by atoms with E-state index in [4.69, 9.17) is 18.9 Å². The van der Waals surface area contributed by atoms with Crippen LogP contribution in [0.25, 0.3) is 0 Å². The van der Waals surface area contributed by atoms with Gasteiger partial charge in [0.15, 0.2) is 11.5 Å². The fourth-order valence-electron chi connectivity index (χ4n) is 3.61. The van der Waals surface area contributed by atoms with Crippen molar-refractivity contribution in [1.82, 2.24) is 0 Å². The number of rotatable bonds is 6. The Morgan fingerprint density at radius 3 is 2.43 bits per heavy atom. The van der Waals surface area contributed by atoms with E-state index in [0.717, 1.165) is 29.7 Å². The van der Waals surface area contributed by atoms with E-state index >= 15 is 0 Å². The number of thiophene rings is 1. The molecular formula is C21H24BrNO6S. The molecule has 2 aromatic rings. The molecule has 0 bridgehead atoms. The molecule has 0 radical (unpaired) electrons. The number of hydrogen-bond acceptors (Lipinski definition) is 7. The second-order valence-electron chi connectivity index (χ2n) is 7.01. The van der Waals surface area contributed by atoms with Gasteiger partial charge in [0, 0.05) is 4.88 Å². The second-order valence-corrected chi connectivity index (χ2v) is 8.91. The Balaban J connectivity index is 2.04. The number of amides is 1. The molecule has 7 nitrogen and oxygen atoms in total. The van der Waals surface area contributed by atoms with Crippen LogP contribution in [-0.2, 0) is 17.6 Å². The number of benzene rings is 1. The number of esters is 1. The van der Waals surface area contributed by atoms with E-state index in [1.54, 1.807) is 6.07 Å². The van der Waals surface area contributed by atoms with Gasteiger partial charge in [-0.25, -0.2) is 4.79 Å². The Kier molecular flexibility index (Phi) is 6.92. The molecule has 0 unspecified atom stereocenters. The molecule has 1 aliphatic carbocycles. The van der Waals surface area contributed by atoms with Crippen molar-refractivity contribution in [2.24, 2.45) is 5.92 Å². The SMILES string of the molecule is COC(=O)c1c(NC(=O)c2cc(OC)c(OC)c(OC)c2Br)sc2c1CC[C@@H](C)C2. The summed E-state index contributed by atoms with van der Waals surface area (Å²) in [6, 6.07) is 1.56. The fraction of sp³-hybridized carbons (Fsp3) is 0.429. The summed E-state index contributed by atoms with van der Waals surface area (Å²) >= 11 is 4.86. The third-order valence-electron chi connectivity index (χ3n) is 5.14. The maximum atomic E-state index is 13.2. The Morgan fingerprint density at radius 1 is 1.13 bits per heavy atom. The Labute approximate surface area is 187 Å². The number of ether oxygens (including phenoxy) is 4. The third kappa shape index (κ3) is 4.00. The van der Waals surface area contributed by atoms with Crippen LogP contribution in [0.5, 0.6) is 17.2 Å². The molecule has 1 aromatic carbocycles. The van der Waals surface area contributed by atoms with E-state index in [1.807, 2.05) is 0 Å². The molecule has 1 aliphatic rings. The van der Waals surface area contributed by atoms with Gasteiger partial charge in [-0.1, -0.05) is 6.92 Å². The molecule has 1 heterocycles. The van der Waals surface area contributed by atoms with Gasteiger partial charge in [-0.3, -0.25) is 4.79 Å². The highest BCUT2D eigenvalue weighted by molar-refractivity contribution is 9.10. The molecule has 1 atom stereocenters. The molecule has 0 spiro atoms. The van der Waals surface area contributed by atoms with Crippen molar-refractivity contribution in [3.63, 3.8) is 0 Å². The molecule has 0 fully saturated rings. The van der Waals surface area contributed by atoms with Crippen molar-refractivity contribution < 1.29 is 28.5 Å². The van der Waals surface area contributed by atoms with Crippen molar-refractivity contribution in [1.29, 1.82) is 0 Å². The van der Waals surface area contributed by atoms with E-state index in [-0.39, 0.29) is 0 Å². The number of methoxy groups -OCH3 is 4. The standard InChI is InChI=1S/C21H24BrNO6S/c1-10-6-7-11-14(8-10)30-20(15(11)21(25)29-5)23-19(24)12-9-13(26-2)17(27-3)18(28-4)16(12)22/h9-10H,6-8H2,1-5H3,(H,23,24)/t10-/m1/s1. The minimum absolute atomic E-state index is 0.292. The minimum atomic E-state index is -0.443. The highest BCUT2D eigenvalue weighted by Crippen LogP contribution is 2.45. The topological polar surface area (TPSA) is 83.1 Å². The molecule has 1 N–H and O–H groups in total. The van der Waals surface area contributed by atoms with Gasteiger partial charge in [0.1, 0.15) is 5.00 Å². The number of halogens is 1. The van der Waals surface area contributed by atoms with Crippen LogP contribution in [0.15, 0.2) is 10.5 Å².